The highest BCUT2D eigenvalue weighted by Gasteiger charge is 2.28. The van der Waals surface area contributed by atoms with E-state index in [9.17, 15) is 19.7 Å². The summed E-state index contributed by atoms with van der Waals surface area (Å²) >= 11 is 0. The van der Waals surface area contributed by atoms with Crippen LogP contribution < -0.4 is 10.7 Å². The quantitative estimate of drug-likeness (QED) is 0.440. The Hall–Kier alpha value is -4.27. The molecule has 0 aliphatic heterocycles. The summed E-state index contributed by atoms with van der Waals surface area (Å²) in [6, 6.07) is 12.9. The number of aryl methyl sites for hydroxylation is 2. The third-order valence-corrected chi connectivity index (χ3v) is 5.45. The number of rotatable bonds is 5. The van der Waals surface area contributed by atoms with Crippen LogP contribution >= 0.6 is 0 Å². The summed E-state index contributed by atoms with van der Waals surface area (Å²) < 4.78 is 5.84. The van der Waals surface area contributed by atoms with Crippen LogP contribution in [0.25, 0.3) is 0 Å². The molecule has 0 bridgehead atoms. The van der Waals surface area contributed by atoms with Gasteiger partial charge in [0.2, 0.25) is 0 Å². The van der Waals surface area contributed by atoms with Gasteiger partial charge in [-0.15, -0.1) is 0 Å². The Morgan fingerprint density at radius 1 is 1.06 bits per heavy atom. The second-order valence-electron chi connectivity index (χ2n) is 7.83. The van der Waals surface area contributed by atoms with Crippen LogP contribution in [0.5, 0.6) is 0 Å². The van der Waals surface area contributed by atoms with E-state index in [1.54, 1.807) is 25.1 Å². The molecule has 0 unspecified atom stereocenters. The van der Waals surface area contributed by atoms with E-state index in [1.165, 1.54) is 18.2 Å². The highest BCUT2D eigenvalue weighted by molar-refractivity contribution is 6.09. The highest BCUT2D eigenvalue weighted by Crippen LogP contribution is 2.30. The molecule has 0 spiro atoms. The van der Waals surface area contributed by atoms with Gasteiger partial charge in [0.25, 0.3) is 17.5 Å². The van der Waals surface area contributed by atoms with Crippen LogP contribution in [0.15, 0.2) is 58.0 Å². The van der Waals surface area contributed by atoms with Gasteiger partial charge in [0.1, 0.15) is 5.76 Å². The van der Waals surface area contributed by atoms with Gasteiger partial charge in [-0.2, -0.15) is 5.10 Å². The number of fused-ring (bicyclic) bond motifs is 1. The number of amides is 2. The fourth-order valence-corrected chi connectivity index (χ4v) is 3.77. The number of hydrogen-bond donors (Lipinski definition) is 2. The second kappa shape index (κ2) is 9.07. The molecular formula is C24H22N4O5. The molecule has 1 aromatic heterocycles. The number of hydrazone groups is 1. The number of hydrogen-bond acceptors (Lipinski definition) is 6. The summed E-state index contributed by atoms with van der Waals surface area (Å²) in [6.07, 6.45) is 2.05. The van der Waals surface area contributed by atoms with Gasteiger partial charge >= 0.3 is 0 Å². The first-order valence-corrected chi connectivity index (χ1v) is 10.5. The summed E-state index contributed by atoms with van der Waals surface area (Å²) in [5.41, 5.74) is 6.29. The molecule has 9 heteroatoms. The first-order valence-electron chi connectivity index (χ1n) is 10.5. The van der Waals surface area contributed by atoms with Crippen LogP contribution in [0.3, 0.4) is 0 Å². The Morgan fingerprint density at radius 3 is 2.55 bits per heavy atom. The van der Waals surface area contributed by atoms with Crippen molar-refractivity contribution in [3.05, 3.63) is 92.4 Å². The largest absolute Gasteiger partial charge is 0.455 e. The normalized spacial score (nSPS) is 13.9. The van der Waals surface area contributed by atoms with Crippen molar-refractivity contribution in [1.82, 2.24) is 5.43 Å². The Labute approximate surface area is 189 Å². The van der Waals surface area contributed by atoms with Crippen LogP contribution in [0, 0.1) is 24.0 Å². The molecule has 4 rings (SSSR count). The maximum atomic E-state index is 12.8. The predicted molar refractivity (Wildman–Crippen MR) is 123 cm³/mol. The zero-order valence-electron chi connectivity index (χ0n) is 18.2. The van der Waals surface area contributed by atoms with E-state index >= 15 is 0 Å². The van der Waals surface area contributed by atoms with Gasteiger partial charge < -0.3 is 9.73 Å². The van der Waals surface area contributed by atoms with Crippen LogP contribution in [-0.2, 0) is 6.42 Å². The minimum atomic E-state index is -0.528. The summed E-state index contributed by atoms with van der Waals surface area (Å²) in [6.45, 7) is 3.70. The number of nitro benzene ring substituents is 1. The molecule has 2 aromatic carbocycles. The molecule has 3 aromatic rings. The van der Waals surface area contributed by atoms with E-state index in [0.717, 1.165) is 17.5 Å². The number of nitro groups is 1. The number of carbonyl (C=O) groups is 2. The lowest BCUT2D eigenvalue weighted by molar-refractivity contribution is -0.384. The Kier molecular flexibility index (Phi) is 6.03. The van der Waals surface area contributed by atoms with Crippen molar-refractivity contribution < 1.29 is 18.9 Å². The lowest BCUT2D eigenvalue weighted by atomic mass is 9.93. The van der Waals surface area contributed by atoms with Crippen molar-refractivity contribution in [2.45, 2.75) is 33.1 Å². The fraction of sp³-hybridized carbons (Fsp3) is 0.208. The minimum absolute atomic E-state index is 0.117. The summed E-state index contributed by atoms with van der Waals surface area (Å²) in [5.74, 6) is -0.0814. The predicted octanol–water partition coefficient (Wildman–Crippen LogP) is 4.53. The number of nitrogens with zero attached hydrogens (tertiary/aromatic N) is 2. The molecule has 168 valence electrons. The zero-order valence-corrected chi connectivity index (χ0v) is 18.2. The van der Waals surface area contributed by atoms with E-state index in [4.69, 9.17) is 4.42 Å². The highest BCUT2D eigenvalue weighted by atomic mass is 16.6. The van der Waals surface area contributed by atoms with Crippen LogP contribution in [0.4, 0.5) is 11.4 Å². The smallest absolute Gasteiger partial charge is 0.291 e. The van der Waals surface area contributed by atoms with Crippen molar-refractivity contribution in [3.8, 4) is 0 Å². The van der Waals surface area contributed by atoms with Crippen LogP contribution in [0.1, 0.15) is 56.2 Å². The van der Waals surface area contributed by atoms with Crippen molar-refractivity contribution in [2.75, 3.05) is 5.32 Å². The molecule has 2 amide bonds. The van der Waals surface area contributed by atoms with Gasteiger partial charge in [0.05, 0.1) is 10.6 Å². The maximum Gasteiger partial charge on any atom is 0.291 e. The zero-order chi connectivity index (χ0) is 23.5. The van der Waals surface area contributed by atoms with Crippen molar-refractivity contribution in [2.24, 2.45) is 5.10 Å². The number of furan rings is 1. The molecule has 1 heterocycles. The first kappa shape index (κ1) is 21.9. The Morgan fingerprint density at radius 2 is 1.82 bits per heavy atom. The second-order valence-corrected chi connectivity index (χ2v) is 7.83. The van der Waals surface area contributed by atoms with E-state index in [1.807, 2.05) is 19.1 Å². The molecular weight excluding hydrogens is 424 g/mol. The lowest BCUT2D eigenvalue weighted by Gasteiger charge is -2.13. The number of nitrogens with one attached hydrogen (secondary N) is 2. The number of non-ortho nitro benzene ring substituents is 1. The Bertz CT molecular complexity index is 1270. The molecule has 0 saturated heterocycles. The SMILES string of the molecule is Cc1ccc(C(=O)N/N=C2\CCCc3oc(C(=O)Nc4cccc([N+](=O)[O-])c4)c(C)c32)cc1. The molecule has 0 radical (unpaired) electrons. The minimum Gasteiger partial charge on any atom is -0.455 e. The van der Waals surface area contributed by atoms with Gasteiger partial charge in [-0.3, -0.25) is 19.7 Å². The van der Waals surface area contributed by atoms with Crippen LogP contribution in [0.2, 0.25) is 0 Å². The monoisotopic (exact) mass is 446 g/mol. The fourth-order valence-electron chi connectivity index (χ4n) is 3.77. The molecule has 0 fully saturated rings. The summed E-state index contributed by atoms with van der Waals surface area (Å²) in [4.78, 5) is 35.7. The molecule has 9 nitrogen and oxygen atoms in total. The average Bonchev–Trinajstić information content (AvgIpc) is 3.15. The van der Waals surface area contributed by atoms with E-state index in [2.05, 4.69) is 15.8 Å². The van der Waals surface area contributed by atoms with Crippen molar-refractivity contribution >= 4 is 28.9 Å². The molecule has 2 N–H and O–H groups in total. The topological polar surface area (TPSA) is 127 Å². The molecule has 0 atom stereocenters. The molecule has 0 saturated carbocycles. The average molecular weight is 446 g/mol. The van der Waals surface area contributed by atoms with Crippen LogP contribution in [-0.4, -0.2) is 22.4 Å². The van der Waals surface area contributed by atoms with Gasteiger partial charge in [0, 0.05) is 40.9 Å². The van der Waals surface area contributed by atoms with Crippen molar-refractivity contribution in [3.63, 3.8) is 0 Å². The summed E-state index contributed by atoms with van der Waals surface area (Å²) in [7, 11) is 0. The third kappa shape index (κ3) is 4.67. The third-order valence-electron chi connectivity index (χ3n) is 5.45. The van der Waals surface area contributed by atoms with Crippen molar-refractivity contribution in [1.29, 1.82) is 0 Å². The van der Waals surface area contributed by atoms with Gasteiger partial charge in [0.15, 0.2) is 5.76 Å². The lowest BCUT2D eigenvalue weighted by Crippen LogP contribution is -2.22. The molecule has 1 aliphatic carbocycles. The summed E-state index contributed by atoms with van der Waals surface area (Å²) in [5, 5.41) is 17.9. The Balaban J connectivity index is 1.56. The van der Waals surface area contributed by atoms with E-state index < -0.39 is 10.8 Å². The van der Waals surface area contributed by atoms with Gasteiger partial charge in [-0.25, -0.2) is 5.43 Å². The van der Waals surface area contributed by atoms with Gasteiger partial charge in [-0.05, 0) is 44.9 Å². The van der Waals surface area contributed by atoms with Gasteiger partial charge in [-0.1, -0.05) is 23.8 Å². The number of benzene rings is 2. The molecule has 1 aliphatic rings. The standard InChI is InChI=1S/C24H22N4O5/c1-14-9-11-16(12-10-14)23(29)27-26-19-7-4-8-20-21(19)15(2)22(33-20)24(30)25-17-5-3-6-18(13-17)28(31)32/h3,5-6,9-13H,4,7-8H2,1-2H3,(H,25,30)(H,27,29)/b26-19+. The molecule has 33 heavy (non-hydrogen) atoms. The van der Waals surface area contributed by atoms with E-state index in [-0.39, 0.29) is 17.4 Å². The first-order chi connectivity index (χ1) is 15.8. The van der Waals surface area contributed by atoms with E-state index in [0.29, 0.717) is 41.1 Å². The number of carbonyl (C=O) groups excluding carboxylic acids is 2. The maximum absolute atomic E-state index is 12.8. The number of anilines is 1.